The summed E-state index contributed by atoms with van der Waals surface area (Å²) < 4.78 is 0. The van der Waals surface area contributed by atoms with E-state index in [0.29, 0.717) is 18.5 Å². The Morgan fingerprint density at radius 3 is 2.30 bits per heavy atom. The minimum absolute atomic E-state index is 0.124. The molecule has 9 nitrogen and oxygen atoms in total. The number of nitrogens with zero attached hydrogens (tertiary/aromatic N) is 2. The summed E-state index contributed by atoms with van der Waals surface area (Å²) in [6, 6.07) is 7.79. The van der Waals surface area contributed by atoms with Crippen molar-refractivity contribution in [3.63, 3.8) is 0 Å². The van der Waals surface area contributed by atoms with Gasteiger partial charge in [0, 0.05) is 18.3 Å². The second kappa shape index (κ2) is 8.73. The predicted molar refractivity (Wildman–Crippen MR) is 109 cm³/mol. The molecule has 1 fully saturated rings. The molecule has 1 saturated heterocycles. The van der Waals surface area contributed by atoms with Gasteiger partial charge in [-0.1, -0.05) is 19.1 Å². The van der Waals surface area contributed by atoms with E-state index >= 15 is 0 Å². The van der Waals surface area contributed by atoms with Gasteiger partial charge >= 0.3 is 11.8 Å². The SMILES string of the molecule is C[C@H]1CC[C@H](c2ccc(C(N)=O)cc2)N(C(=O)C(=O)Nc2cncc(C(N)=O)c2)C1. The van der Waals surface area contributed by atoms with Crippen LogP contribution < -0.4 is 16.8 Å². The summed E-state index contributed by atoms with van der Waals surface area (Å²) in [6.45, 7) is 2.44. The van der Waals surface area contributed by atoms with Gasteiger partial charge in [-0.05, 0) is 42.5 Å². The lowest BCUT2D eigenvalue weighted by Gasteiger charge is -2.38. The van der Waals surface area contributed by atoms with Gasteiger partial charge in [0.1, 0.15) is 0 Å². The maximum absolute atomic E-state index is 13.0. The van der Waals surface area contributed by atoms with Crippen molar-refractivity contribution < 1.29 is 19.2 Å². The number of primary amides is 2. The quantitative estimate of drug-likeness (QED) is 0.649. The first-order chi connectivity index (χ1) is 14.3. The fourth-order valence-electron chi connectivity index (χ4n) is 3.55. The number of carbonyl (C=O) groups is 4. The number of amides is 4. The monoisotopic (exact) mass is 409 g/mol. The molecule has 5 N–H and O–H groups in total. The van der Waals surface area contributed by atoms with Crippen molar-refractivity contribution in [3.8, 4) is 0 Å². The number of carbonyl (C=O) groups excluding carboxylic acids is 4. The summed E-state index contributed by atoms with van der Waals surface area (Å²) in [7, 11) is 0. The number of likely N-dealkylation sites (tertiary alicyclic amines) is 1. The van der Waals surface area contributed by atoms with Crippen LogP contribution in [0.15, 0.2) is 42.7 Å². The van der Waals surface area contributed by atoms with Crippen molar-refractivity contribution in [1.82, 2.24) is 9.88 Å². The van der Waals surface area contributed by atoms with Gasteiger partial charge in [0.25, 0.3) is 0 Å². The van der Waals surface area contributed by atoms with Crippen LogP contribution in [-0.4, -0.2) is 40.1 Å². The number of piperidine rings is 1. The molecule has 2 heterocycles. The van der Waals surface area contributed by atoms with Gasteiger partial charge in [0.05, 0.1) is 23.5 Å². The number of nitrogens with one attached hydrogen (secondary N) is 1. The lowest BCUT2D eigenvalue weighted by molar-refractivity contribution is -0.146. The molecule has 156 valence electrons. The van der Waals surface area contributed by atoms with E-state index in [-0.39, 0.29) is 23.2 Å². The Morgan fingerprint density at radius 1 is 1.00 bits per heavy atom. The van der Waals surface area contributed by atoms with Crippen molar-refractivity contribution in [2.75, 3.05) is 11.9 Å². The summed E-state index contributed by atoms with van der Waals surface area (Å²) >= 11 is 0. The van der Waals surface area contributed by atoms with E-state index in [9.17, 15) is 19.2 Å². The molecule has 3 rings (SSSR count). The normalized spacial score (nSPS) is 18.5. The largest absolute Gasteiger partial charge is 0.366 e. The van der Waals surface area contributed by atoms with Crippen molar-refractivity contribution in [2.24, 2.45) is 17.4 Å². The molecule has 1 aliphatic heterocycles. The number of rotatable bonds is 4. The van der Waals surface area contributed by atoms with Gasteiger partial charge in [-0.25, -0.2) is 0 Å². The maximum atomic E-state index is 13.0. The summed E-state index contributed by atoms with van der Waals surface area (Å²) in [6.07, 6.45) is 4.20. The highest BCUT2D eigenvalue weighted by molar-refractivity contribution is 6.39. The molecule has 1 aliphatic rings. The van der Waals surface area contributed by atoms with Crippen LogP contribution >= 0.6 is 0 Å². The molecule has 1 aromatic heterocycles. The van der Waals surface area contributed by atoms with Crippen LogP contribution in [0.2, 0.25) is 0 Å². The zero-order valence-electron chi connectivity index (χ0n) is 16.5. The number of pyridine rings is 1. The van der Waals surface area contributed by atoms with E-state index in [1.807, 2.05) is 6.92 Å². The van der Waals surface area contributed by atoms with E-state index in [4.69, 9.17) is 11.5 Å². The average molecular weight is 409 g/mol. The molecule has 0 spiro atoms. The molecular weight excluding hydrogens is 386 g/mol. The minimum Gasteiger partial charge on any atom is -0.366 e. The number of hydrogen-bond donors (Lipinski definition) is 3. The van der Waals surface area contributed by atoms with Crippen molar-refractivity contribution in [3.05, 3.63) is 59.4 Å². The van der Waals surface area contributed by atoms with Crippen LogP contribution in [0.1, 0.15) is 52.1 Å². The van der Waals surface area contributed by atoms with Crippen molar-refractivity contribution >= 4 is 29.3 Å². The smallest absolute Gasteiger partial charge is 0.313 e. The number of aromatic nitrogens is 1. The number of anilines is 1. The van der Waals surface area contributed by atoms with Crippen molar-refractivity contribution in [1.29, 1.82) is 0 Å². The Morgan fingerprint density at radius 2 is 1.67 bits per heavy atom. The highest BCUT2D eigenvalue weighted by Crippen LogP contribution is 2.33. The fraction of sp³-hybridized carbons (Fsp3) is 0.286. The Labute approximate surface area is 173 Å². The molecule has 0 aliphatic carbocycles. The molecule has 0 saturated carbocycles. The van der Waals surface area contributed by atoms with E-state index in [2.05, 4.69) is 10.3 Å². The minimum atomic E-state index is -0.828. The van der Waals surface area contributed by atoms with E-state index in [1.54, 1.807) is 24.3 Å². The molecule has 2 atom stereocenters. The summed E-state index contributed by atoms with van der Waals surface area (Å²) in [5, 5.41) is 2.48. The summed E-state index contributed by atoms with van der Waals surface area (Å²) in [5.41, 5.74) is 12.0. The lowest BCUT2D eigenvalue weighted by Crippen LogP contribution is -2.46. The zero-order chi connectivity index (χ0) is 21.8. The first kappa shape index (κ1) is 21.0. The van der Waals surface area contributed by atoms with Crippen LogP contribution in [0, 0.1) is 5.92 Å². The standard InChI is InChI=1S/C21H23N5O4/c1-12-2-7-17(13-3-5-14(6-4-13)18(22)27)26(11-12)21(30)20(29)25-16-8-15(19(23)28)9-24-10-16/h3-6,8-10,12,17H,2,7,11H2,1H3,(H2,22,27)(H2,23,28)(H,25,29)/t12-,17+/m0/s1. The van der Waals surface area contributed by atoms with Gasteiger partial charge in [0.2, 0.25) is 11.8 Å². The second-order valence-corrected chi connectivity index (χ2v) is 7.42. The second-order valence-electron chi connectivity index (χ2n) is 7.42. The van der Waals surface area contributed by atoms with Crippen LogP contribution in [0.3, 0.4) is 0 Å². The highest BCUT2D eigenvalue weighted by atomic mass is 16.2. The third kappa shape index (κ3) is 4.62. The highest BCUT2D eigenvalue weighted by Gasteiger charge is 2.34. The van der Waals surface area contributed by atoms with Gasteiger partial charge < -0.3 is 21.7 Å². The first-order valence-corrected chi connectivity index (χ1v) is 9.53. The van der Waals surface area contributed by atoms with E-state index in [0.717, 1.165) is 12.0 Å². The van der Waals surface area contributed by atoms with Gasteiger partial charge in [0.15, 0.2) is 0 Å². The molecule has 4 amide bonds. The summed E-state index contributed by atoms with van der Waals surface area (Å²) in [4.78, 5) is 53.5. The number of benzene rings is 1. The molecule has 9 heteroatoms. The van der Waals surface area contributed by atoms with Gasteiger partial charge in [-0.15, -0.1) is 0 Å². The van der Waals surface area contributed by atoms with Gasteiger partial charge in [-0.2, -0.15) is 0 Å². The molecule has 0 bridgehead atoms. The van der Waals surface area contributed by atoms with Crippen LogP contribution in [0.25, 0.3) is 0 Å². The number of nitrogens with two attached hydrogens (primary N) is 2. The van der Waals surface area contributed by atoms with Crippen LogP contribution in [0.5, 0.6) is 0 Å². The third-order valence-electron chi connectivity index (χ3n) is 5.13. The topological polar surface area (TPSA) is 148 Å². The van der Waals surface area contributed by atoms with Crippen LogP contribution in [0.4, 0.5) is 5.69 Å². The maximum Gasteiger partial charge on any atom is 0.313 e. The van der Waals surface area contributed by atoms with E-state index < -0.39 is 23.6 Å². The Bertz CT molecular complexity index is 989. The Balaban J connectivity index is 1.80. The van der Waals surface area contributed by atoms with Crippen molar-refractivity contribution in [2.45, 2.75) is 25.8 Å². The molecule has 2 aromatic rings. The molecule has 30 heavy (non-hydrogen) atoms. The first-order valence-electron chi connectivity index (χ1n) is 9.53. The molecule has 0 unspecified atom stereocenters. The Kier molecular flexibility index (Phi) is 6.10. The zero-order valence-corrected chi connectivity index (χ0v) is 16.5. The number of hydrogen-bond acceptors (Lipinski definition) is 5. The summed E-state index contributed by atoms with van der Waals surface area (Å²) in [5.74, 6) is -2.49. The van der Waals surface area contributed by atoms with Gasteiger partial charge in [-0.3, -0.25) is 24.2 Å². The van der Waals surface area contributed by atoms with Crippen LogP contribution in [-0.2, 0) is 9.59 Å². The third-order valence-corrected chi connectivity index (χ3v) is 5.13. The average Bonchev–Trinajstić information content (AvgIpc) is 2.73. The fourth-order valence-corrected chi connectivity index (χ4v) is 3.55. The lowest BCUT2D eigenvalue weighted by atomic mass is 9.89. The molecular formula is C21H23N5O4. The molecule has 0 radical (unpaired) electrons. The Hall–Kier alpha value is -3.75. The van der Waals surface area contributed by atoms with E-state index in [1.165, 1.54) is 23.4 Å². The molecule has 1 aromatic carbocycles. The predicted octanol–water partition coefficient (Wildman–Crippen LogP) is 1.22.